The average Bonchev–Trinajstić information content (AvgIpc) is 1.60. The SMILES string of the molecule is CC(=O)OC1(N)CCC1.Cl. The summed E-state index contributed by atoms with van der Waals surface area (Å²) in [7, 11) is 0. The van der Waals surface area contributed by atoms with Gasteiger partial charge in [0.2, 0.25) is 0 Å². The Bertz CT molecular complexity index is 134. The van der Waals surface area contributed by atoms with E-state index >= 15 is 0 Å². The van der Waals surface area contributed by atoms with E-state index in [9.17, 15) is 4.79 Å². The van der Waals surface area contributed by atoms with Crippen molar-refractivity contribution in [1.29, 1.82) is 0 Å². The van der Waals surface area contributed by atoms with E-state index in [-0.39, 0.29) is 18.4 Å². The number of carbonyl (C=O) groups excluding carboxylic acids is 1. The Balaban J connectivity index is 0.000000810. The number of carbonyl (C=O) groups is 1. The van der Waals surface area contributed by atoms with Crippen LogP contribution in [-0.4, -0.2) is 11.7 Å². The second-order valence-corrected chi connectivity index (χ2v) is 2.51. The summed E-state index contributed by atoms with van der Waals surface area (Å²) in [5.74, 6) is -0.280. The van der Waals surface area contributed by atoms with E-state index in [0.29, 0.717) is 0 Å². The van der Waals surface area contributed by atoms with Crippen LogP contribution in [0.4, 0.5) is 0 Å². The number of hydrogen-bond donors (Lipinski definition) is 1. The molecule has 0 bridgehead atoms. The molecule has 60 valence electrons. The van der Waals surface area contributed by atoms with Gasteiger partial charge in [0.15, 0.2) is 5.72 Å². The molecule has 1 aliphatic carbocycles. The van der Waals surface area contributed by atoms with Crippen molar-refractivity contribution in [2.45, 2.75) is 31.9 Å². The fraction of sp³-hybridized carbons (Fsp3) is 0.833. The Morgan fingerprint density at radius 3 is 2.20 bits per heavy atom. The predicted octanol–water partition coefficient (Wildman–Crippen LogP) is 0.810. The molecular formula is C6H12ClNO2. The molecule has 2 N–H and O–H groups in total. The minimum absolute atomic E-state index is 0. The Hall–Kier alpha value is -0.280. The fourth-order valence-corrected chi connectivity index (χ4v) is 0.914. The first-order valence-corrected chi connectivity index (χ1v) is 3.11. The molecule has 0 amide bonds. The normalized spacial score (nSPS) is 20.2. The molecule has 1 rings (SSSR count). The van der Waals surface area contributed by atoms with Crippen molar-refractivity contribution in [2.75, 3.05) is 0 Å². The van der Waals surface area contributed by atoms with Crippen molar-refractivity contribution >= 4 is 18.4 Å². The first-order valence-electron chi connectivity index (χ1n) is 3.11. The topological polar surface area (TPSA) is 52.3 Å². The van der Waals surface area contributed by atoms with Crippen molar-refractivity contribution in [3.63, 3.8) is 0 Å². The maximum atomic E-state index is 10.3. The van der Waals surface area contributed by atoms with Crippen molar-refractivity contribution in [3.8, 4) is 0 Å². The minimum Gasteiger partial charge on any atom is -0.444 e. The lowest BCUT2D eigenvalue weighted by molar-refractivity contribution is -0.165. The zero-order valence-electron chi connectivity index (χ0n) is 5.92. The summed E-state index contributed by atoms with van der Waals surface area (Å²) in [4.78, 5) is 10.3. The largest absolute Gasteiger partial charge is 0.444 e. The van der Waals surface area contributed by atoms with E-state index in [1.807, 2.05) is 0 Å². The molecule has 4 heteroatoms. The average molecular weight is 166 g/mol. The highest BCUT2D eigenvalue weighted by Gasteiger charge is 2.35. The Kier molecular flexibility index (Phi) is 3.12. The van der Waals surface area contributed by atoms with E-state index in [1.165, 1.54) is 6.92 Å². The molecule has 0 aromatic carbocycles. The summed E-state index contributed by atoms with van der Waals surface area (Å²) in [5.41, 5.74) is 4.96. The van der Waals surface area contributed by atoms with E-state index in [1.54, 1.807) is 0 Å². The van der Waals surface area contributed by atoms with Crippen LogP contribution in [0.25, 0.3) is 0 Å². The van der Waals surface area contributed by atoms with Crippen molar-refractivity contribution in [3.05, 3.63) is 0 Å². The van der Waals surface area contributed by atoms with E-state index in [0.717, 1.165) is 19.3 Å². The molecule has 0 atom stereocenters. The quantitative estimate of drug-likeness (QED) is 0.462. The monoisotopic (exact) mass is 165 g/mol. The maximum absolute atomic E-state index is 10.3. The smallest absolute Gasteiger partial charge is 0.304 e. The third kappa shape index (κ3) is 2.15. The van der Waals surface area contributed by atoms with Crippen LogP contribution in [0.5, 0.6) is 0 Å². The molecule has 0 aliphatic heterocycles. The molecule has 0 radical (unpaired) electrons. The molecule has 3 nitrogen and oxygen atoms in total. The van der Waals surface area contributed by atoms with Crippen LogP contribution in [0.3, 0.4) is 0 Å². The Morgan fingerprint density at radius 1 is 1.60 bits per heavy atom. The maximum Gasteiger partial charge on any atom is 0.304 e. The summed E-state index contributed by atoms with van der Waals surface area (Å²) >= 11 is 0. The number of halogens is 1. The summed E-state index contributed by atoms with van der Waals surface area (Å²) in [6, 6.07) is 0. The van der Waals surface area contributed by atoms with Crippen LogP contribution < -0.4 is 5.73 Å². The molecule has 1 saturated carbocycles. The summed E-state index contributed by atoms with van der Waals surface area (Å²) in [5, 5.41) is 0. The first-order chi connectivity index (χ1) is 4.12. The van der Waals surface area contributed by atoms with Gasteiger partial charge < -0.3 is 4.74 Å². The van der Waals surface area contributed by atoms with Gasteiger partial charge >= 0.3 is 5.97 Å². The second kappa shape index (κ2) is 3.21. The van der Waals surface area contributed by atoms with E-state index in [2.05, 4.69) is 0 Å². The van der Waals surface area contributed by atoms with Crippen LogP contribution in [-0.2, 0) is 9.53 Å². The van der Waals surface area contributed by atoms with E-state index in [4.69, 9.17) is 10.5 Å². The molecule has 0 spiro atoms. The number of rotatable bonds is 1. The molecule has 0 heterocycles. The van der Waals surface area contributed by atoms with Gasteiger partial charge in [0.05, 0.1) is 0 Å². The molecule has 0 saturated heterocycles. The van der Waals surface area contributed by atoms with Crippen LogP contribution in [0, 0.1) is 0 Å². The molecule has 0 unspecified atom stereocenters. The molecule has 0 aromatic heterocycles. The Labute approximate surface area is 66.3 Å². The van der Waals surface area contributed by atoms with Crippen molar-refractivity contribution < 1.29 is 9.53 Å². The van der Waals surface area contributed by atoms with Gasteiger partial charge in [-0.05, 0) is 6.42 Å². The molecule has 10 heavy (non-hydrogen) atoms. The van der Waals surface area contributed by atoms with Crippen LogP contribution >= 0.6 is 12.4 Å². The lowest BCUT2D eigenvalue weighted by Gasteiger charge is -2.36. The van der Waals surface area contributed by atoms with Gasteiger partial charge in [0.1, 0.15) is 0 Å². The summed E-state index contributed by atoms with van der Waals surface area (Å²) in [6.45, 7) is 1.38. The minimum atomic E-state index is -0.605. The zero-order chi connectivity index (χ0) is 6.91. The lowest BCUT2D eigenvalue weighted by Crippen LogP contribution is -2.49. The zero-order valence-corrected chi connectivity index (χ0v) is 6.74. The molecular weight excluding hydrogens is 154 g/mol. The van der Waals surface area contributed by atoms with Gasteiger partial charge in [0.25, 0.3) is 0 Å². The molecule has 1 fully saturated rings. The highest BCUT2D eigenvalue weighted by Crippen LogP contribution is 2.29. The van der Waals surface area contributed by atoms with Gasteiger partial charge in [-0.1, -0.05) is 0 Å². The highest BCUT2D eigenvalue weighted by molar-refractivity contribution is 5.85. The van der Waals surface area contributed by atoms with Gasteiger partial charge in [-0.3, -0.25) is 10.5 Å². The van der Waals surface area contributed by atoms with Gasteiger partial charge in [0, 0.05) is 19.8 Å². The summed E-state index contributed by atoms with van der Waals surface area (Å²) in [6.07, 6.45) is 2.70. The lowest BCUT2D eigenvalue weighted by atomic mass is 9.89. The van der Waals surface area contributed by atoms with E-state index < -0.39 is 5.72 Å². The van der Waals surface area contributed by atoms with Crippen LogP contribution in [0.15, 0.2) is 0 Å². The van der Waals surface area contributed by atoms with Gasteiger partial charge in [-0.15, -0.1) is 12.4 Å². The first kappa shape index (κ1) is 9.72. The fourth-order valence-electron chi connectivity index (χ4n) is 0.914. The van der Waals surface area contributed by atoms with Crippen molar-refractivity contribution in [2.24, 2.45) is 5.73 Å². The molecule has 0 aromatic rings. The standard InChI is InChI=1S/C6H11NO2.ClH/c1-5(8)9-6(7)3-2-4-6;/h2-4,7H2,1H3;1H. The van der Waals surface area contributed by atoms with Crippen LogP contribution in [0.2, 0.25) is 0 Å². The highest BCUT2D eigenvalue weighted by atomic mass is 35.5. The summed E-state index contributed by atoms with van der Waals surface area (Å²) < 4.78 is 4.81. The third-order valence-corrected chi connectivity index (χ3v) is 1.55. The number of hydrogen-bond acceptors (Lipinski definition) is 3. The molecule has 1 aliphatic rings. The van der Waals surface area contributed by atoms with Gasteiger partial charge in [-0.25, -0.2) is 0 Å². The Morgan fingerprint density at radius 2 is 2.10 bits per heavy atom. The van der Waals surface area contributed by atoms with Gasteiger partial charge in [-0.2, -0.15) is 0 Å². The third-order valence-electron chi connectivity index (χ3n) is 1.55. The second-order valence-electron chi connectivity index (χ2n) is 2.51. The number of esters is 1. The van der Waals surface area contributed by atoms with Crippen LogP contribution in [0.1, 0.15) is 26.2 Å². The number of nitrogens with two attached hydrogens (primary N) is 1. The number of ether oxygens (including phenoxy) is 1. The predicted molar refractivity (Wildman–Crippen MR) is 39.8 cm³/mol. The van der Waals surface area contributed by atoms with Crippen molar-refractivity contribution in [1.82, 2.24) is 0 Å².